The minimum atomic E-state index is 0.264. The van der Waals surface area contributed by atoms with Gasteiger partial charge in [0.1, 0.15) is 0 Å². The van der Waals surface area contributed by atoms with Gasteiger partial charge in [0, 0.05) is 12.6 Å². The largest absolute Gasteiger partial charge is 0.374 e. The van der Waals surface area contributed by atoms with Crippen LogP contribution in [-0.2, 0) is 9.47 Å². The fourth-order valence-corrected chi connectivity index (χ4v) is 3.34. The van der Waals surface area contributed by atoms with E-state index < -0.39 is 0 Å². The Bertz CT molecular complexity index is 271. The molecule has 6 unspecified atom stereocenters. The predicted octanol–water partition coefficient (Wildman–Crippen LogP) is 2.98. The fourth-order valence-electron chi connectivity index (χ4n) is 3.34. The molecule has 0 aliphatic heterocycles. The van der Waals surface area contributed by atoms with Crippen LogP contribution in [0.5, 0.6) is 0 Å². The van der Waals surface area contributed by atoms with Gasteiger partial charge >= 0.3 is 0 Å². The standard InChI is InChI=1S/C16H31NO2/c1-5-8-18-16-14(17-4)10-15(16)19-13-7-6-11(2)12(3)9-13/h11-17H,5-10H2,1-4H3. The Balaban J connectivity index is 1.78. The van der Waals surface area contributed by atoms with Crippen molar-refractivity contribution in [2.45, 2.75) is 77.2 Å². The number of ether oxygens (including phenoxy) is 2. The molecule has 2 aliphatic carbocycles. The average molecular weight is 269 g/mol. The minimum absolute atomic E-state index is 0.264. The van der Waals surface area contributed by atoms with Crippen molar-refractivity contribution in [2.24, 2.45) is 11.8 Å². The van der Waals surface area contributed by atoms with Gasteiger partial charge in [-0.25, -0.2) is 0 Å². The molecule has 2 rings (SSSR count). The summed E-state index contributed by atoms with van der Waals surface area (Å²) in [5.41, 5.74) is 0. The highest BCUT2D eigenvalue weighted by Gasteiger charge is 2.43. The van der Waals surface area contributed by atoms with Gasteiger partial charge in [-0.2, -0.15) is 0 Å². The van der Waals surface area contributed by atoms with E-state index in [4.69, 9.17) is 9.47 Å². The van der Waals surface area contributed by atoms with Crippen LogP contribution in [0, 0.1) is 11.8 Å². The van der Waals surface area contributed by atoms with Gasteiger partial charge in [0.2, 0.25) is 0 Å². The van der Waals surface area contributed by atoms with Crippen LogP contribution in [0.4, 0.5) is 0 Å². The molecule has 0 amide bonds. The molecule has 19 heavy (non-hydrogen) atoms. The summed E-state index contributed by atoms with van der Waals surface area (Å²) in [6, 6.07) is 0.483. The molecule has 2 fully saturated rings. The van der Waals surface area contributed by atoms with E-state index in [2.05, 4.69) is 26.1 Å². The molecule has 0 saturated heterocycles. The summed E-state index contributed by atoms with van der Waals surface area (Å²) in [6.07, 6.45) is 6.99. The Hall–Kier alpha value is -0.120. The summed E-state index contributed by atoms with van der Waals surface area (Å²) >= 11 is 0. The quantitative estimate of drug-likeness (QED) is 0.804. The zero-order valence-corrected chi connectivity index (χ0v) is 13.0. The molecule has 0 heterocycles. The SMILES string of the molecule is CCCOC1C(NC)CC1OC1CCC(C)C(C)C1. The summed E-state index contributed by atoms with van der Waals surface area (Å²) in [5, 5.41) is 3.34. The van der Waals surface area contributed by atoms with Crippen molar-refractivity contribution in [1.29, 1.82) is 0 Å². The molecule has 6 atom stereocenters. The Kier molecular flexibility index (Phi) is 5.67. The summed E-state index contributed by atoms with van der Waals surface area (Å²) < 4.78 is 12.3. The van der Waals surface area contributed by atoms with E-state index in [1.807, 2.05) is 7.05 Å². The van der Waals surface area contributed by atoms with Crippen LogP contribution in [0.2, 0.25) is 0 Å². The van der Waals surface area contributed by atoms with Crippen LogP contribution in [0.1, 0.15) is 52.9 Å². The zero-order chi connectivity index (χ0) is 13.8. The second kappa shape index (κ2) is 7.05. The number of rotatable bonds is 6. The first kappa shape index (κ1) is 15.3. The Morgan fingerprint density at radius 1 is 1.11 bits per heavy atom. The van der Waals surface area contributed by atoms with Crippen LogP contribution < -0.4 is 5.32 Å². The second-order valence-corrected chi connectivity index (χ2v) is 6.53. The number of hydrogen-bond acceptors (Lipinski definition) is 3. The highest BCUT2D eigenvalue weighted by atomic mass is 16.6. The van der Waals surface area contributed by atoms with E-state index >= 15 is 0 Å². The smallest absolute Gasteiger partial charge is 0.0990 e. The first-order valence-electron chi connectivity index (χ1n) is 8.10. The van der Waals surface area contributed by atoms with Crippen molar-refractivity contribution in [1.82, 2.24) is 5.32 Å². The fraction of sp³-hybridized carbons (Fsp3) is 1.00. The van der Waals surface area contributed by atoms with Gasteiger partial charge in [0.15, 0.2) is 0 Å². The number of hydrogen-bond donors (Lipinski definition) is 1. The molecule has 0 aromatic rings. The van der Waals surface area contributed by atoms with Crippen molar-refractivity contribution in [2.75, 3.05) is 13.7 Å². The molecule has 1 N–H and O–H groups in total. The number of likely N-dealkylation sites (N-methyl/N-ethyl adjacent to an activating group) is 1. The third-order valence-electron chi connectivity index (χ3n) is 5.05. The molecular formula is C16H31NO2. The molecular weight excluding hydrogens is 238 g/mol. The van der Waals surface area contributed by atoms with E-state index in [9.17, 15) is 0 Å². The second-order valence-electron chi connectivity index (χ2n) is 6.53. The maximum absolute atomic E-state index is 6.32. The topological polar surface area (TPSA) is 30.5 Å². The molecule has 0 radical (unpaired) electrons. The molecule has 3 heteroatoms. The van der Waals surface area contributed by atoms with E-state index in [0.29, 0.717) is 18.2 Å². The predicted molar refractivity (Wildman–Crippen MR) is 78.3 cm³/mol. The highest BCUT2D eigenvalue weighted by Crippen LogP contribution is 2.35. The van der Waals surface area contributed by atoms with Gasteiger partial charge in [-0.3, -0.25) is 0 Å². The van der Waals surface area contributed by atoms with Crippen LogP contribution in [0.15, 0.2) is 0 Å². The highest BCUT2D eigenvalue weighted by molar-refractivity contribution is 4.97. The van der Waals surface area contributed by atoms with Crippen LogP contribution in [0.25, 0.3) is 0 Å². The summed E-state index contributed by atoms with van der Waals surface area (Å²) in [5.74, 6) is 1.66. The molecule has 2 aliphatic rings. The lowest BCUT2D eigenvalue weighted by atomic mass is 9.79. The lowest BCUT2D eigenvalue weighted by Gasteiger charge is -2.46. The summed E-state index contributed by atoms with van der Waals surface area (Å²) in [7, 11) is 2.02. The van der Waals surface area contributed by atoms with Gasteiger partial charge < -0.3 is 14.8 Å². The van der Waals surface area contributed by atoms with Gasteiger partial charge in [-0.15, -0.1) is 0 Å². The van der Waals surface area contributed by atoms with E-state index in [0.717, 1.165) is 31.3 Å². The van der Waals surface area contributed by atoms with Crippen LogP contribution >= 0.6 is 0 Å². The molecule has 0 aromatic carbocycles. The Labute approximate surface area is 118 Å². The lowest BCUT2D eigenvalue weighted by molar-refractivity contribution is -0.175. The van der Waals surface area contributed by atoms with E-state index in [1.54, 1.807) is 0 Å². The first-order chi connectivity index (χ1) is 9.15. The third kappa shape index (κ3) is 3.71. The normalized spacial score (nSPS) is 42.9. The van der Waals surface area contributed by atoms with E-state index in [1.165, 1.54) is 19.3 Å². The van der Waals surface area contributed by atoms with Crippen LogP contribution in [0.3, 0.4) is 0 Å². The maximum Gasteiger partial charge on any atom is 0.0990 e. The minimum Gasteiger partial charge on any atom is -0.374 e. The van der Waals surface area contributed by atoms with Crippen molar-refractivity contribution in [3.8, 4) is 0 Å². The Morgan fingerprint density at radius 2 is 1.89 bits per heavy atom. The molecule has 3 nitrogen and oxygen atoms in total. The van der Waals surface area contributed by atoms with Gasteiger partial charge in [0.25, 0.3) is 0 Å². The van der Waals surface area contributed by atoms with Crippen LogP contribution in [-0.4, -0.2) is 38.0 Å². The van der Waals surface area contributed by atoms with Crippen molar-refractivity contribution >= 4 is 0 Å². The summed E-state index contributed by atoms with van der Waals surface area (Å²) in [4.78, 5) is 0. The maximum atomic E-state index is 6.32. The summed E-state index contributed by atoms with van der Waals surface area (Å²) in [6.45, 7) is 7.74. The molecule has 2 saturated carbocycles. The average Bonchev–Trinajstić information content (AvgIpc) is 2.38. The van der Waals surface area contributed by atoms with Crippen molar-refractivity contribution in [3.05, 3.63) is 0 Å². The van der Waals surface area contributed by atoms with Crippen molar-refractivity contribution in [3.63, 3.8) is 0 Å². The van der Waals surface area contributed by atoms with Gasteiger partial charge in [0.05, 0.1) is 18.3 Å². The molecule has 0 bridgehead atoms. The Morgan fingerprint density at radius 3 is 2.53 bits per heavy atom. The number of nitrogens with one attached hydrogen (secondary N) is 1. The third-order valence-corrected chi connectivity index (χ3v) is 5.05. The van der Waals surface area contributed by atoms with Gasteiger partial charge in [-0.1, -0.05) is 20.8 Å². The van der Waals surface area contributed by atoms with E-state index in [-0.39, 0.29) is 6.10 Å². The molecule has 0 aromatic heterocycles. The monoisotopic (exact) mass is 269 g/mol. The lowest BCUT2D eigenvalue weighted by Crippen LogP contribution is -2.60. The first-order valence-corrected chi connectivity index (χ1v) is 8.10. The molecule has 0 spiro atoms. The molecule has 112 valence electrons. The van der Waals surface area contributed by atoms with Gasteiger partial charge in [-0.05, 0) is 51.0 Å². The zero-order valence-electron chi connectivity index (χ0n) is 13.0. The van der Waals surface area contributed by atoms with Crippen molar-refractivity contribution < 1.29 is 9.47 Å².